The summed E-state index contributed by atoms with van der Waals surface area (Å²) in [7, 11) is 0. The summed E-state index contributed by atoms with van der Waals surface area (Å²) in [5, 5.41) is 15.5. The zero-order valence-corrected chi connectivity index (χ0v) is 13.3. The number of rotatable bonds is 7. The molecule has 0 saturated heterocycles. The third-order valence-electron chi connectivity index (χ3n) is 3.56. The van der Waals surface area contributed by atoms with Crippen molar-refractivity contribution in [2.45, 2.75) is 39.3 Å². The molecule has 0 aliphatic carbocycles. The van der Waals surface area contributed by atoms with Gasteiger partial charge in [-0.3, -0.25) is 14.3 Å². The first-order valence-electron chi connectivity index (χ1n) is 7.63. The number of benzene rings is 1. The van der Waals surface area contributed by atoms with Crippen molar-refractivity contribution in [3.05, 3.63) is 53.3 Å². The van der Waals surface area contributed by atoms with Gasteiger partial charge in [-0.2, -0.15) is 5.10 Å². The van der Waals surface area contributed by atoms with Crippen LogP contribution < -0.4 is 5.32 Å². The van der Waals surface area contributed by atoms with E-state index in [9.17, 15) is 9.59 Å². The number of aromatic nitrogens is 2. The van der Waals surface area contributed by atoms with Gasteiger partial charge in [-0.15, -0.1) is 0 Å². The van der Waals surface area contributed by atoms with Crippen molar-refractivity contribution in [2.75, 3.05) is 0 Å². The van der Waals surface area contributed by atoms with Crippen LogP contribution in [0.4, 0.5) is 0 Å². The van der Waals surface area contributed by atoms with Crippen molar-refractivity contribution < 1.29 is 14.7 Å². The summed E-state index contributed by atoms with van der Waals surface area (Å²) >= 11 is 0. The molecule has 0 aliphatic heterocycles. The fourth-order valence-electron chi connectivity index (χ4n) is 2.33. The molecule has 0 bridgehead atoms. The summed E-state index contributed by atoms with van der Waals surface area (Å²) < 4.78 is 1.22. The molecule has 0 radical (unpaired) electrons. The number of carbonyl (C=O) groups excluding carboxylic acids is 1. The first kappa shape index (κ1) is 16.7. The van der Waals surface area contributed by atoms with Gasteiger partial charge in [0.05, 0.1) is 17.8 Å². The first-order valence-corrected chi connectivity index (χ1v) is 7.63. The number of hydrogen-bond donors (Lipinski definition) is 2. The van der Waals surface area contributed by atoms with E-state index in [1.54, 1.807) is 0 Å². The highest BCUT2D eigenvalue weighted by molar-refractivity contribution is 5.94. The number of nitrogens with zero attached hydrogens (tertiary/aromatic N) is 2. The van der Waals surface area contributed by atoms with Gasteiger partial charge in [0, 0.05) is 6.20 Å². The lowest BCUT2D eigenvalue weighted by Gasteiger charge is -2.14. The van der Waals surface area contributed by atoms with E-state index in [-0.39, 0.29) is 18.5 Å². The maximum absolute atomic E-state index is 12.2. The molecule has 1 amide bonds. The van der Waals surface area contributed by atoms with Crippen LogP contribution in [0.3, 0.4) is 0 Å². The lowest BCUT2D eigenvalue weighted by Crippen LogP contribution is -2.26. The molecule has 1 aromatic carbocycles. The van der Waals surface area contributed by atoms with Crippen LogP contribution in [0.2, 0.25) is 0 Å². The van der Waals surface area contributed by atoms with E-state index in [0.717, 1.165) is 18.4 Å². The van der Waals surface area contributed by atoms with Crippen LogP contribution in [0.25, 0.3) is 0 Å². The van der Waals surface area contributed by atoms with E-state index in [0.29, 0.717) is 5.56 Å². The number of carboxylic acids is 1. The van der Waals surface area contributed by atoms with Crippen molar-refractivity contribution in [3.63, 3.8) is 0 Å². The maximum Gasteiger partial charge on any atom is 0.325 e. The average Bonchev–Trinajstić information content (AvgIpc) is 2.96. The predicted octanol–water partition coefficient (Wildman–Crippen LogP) is 2.41. The molecule has 6 nitrogen and oxygen atoms in total. The Morgan fingerprint density at radius 1 is 1.30 bits per heavy atom. The van der Waals surface area contributed by atoms with Gasteiger partial charge in [-0.25, -0.2) is 0 Å². The van der Waals surface area contributed by atoms with Crippen LogP contribution >= 0.6 is 0 Å². The van der Waals surface area contributed by atoms with Crippen molar-refractivity contribution in [1.82, 2.24) is 15.1 Å². The van der Waals surface area contributed by atoms with Crippen molar-refractivity contribution in [1.29, 1.82) is 0 Å². The lowest BCUT2D eigenvalue weighted by atomic mass is 10.0. The number of hydrogen-bond acceptors (Lipinski definition) is 3. The Morgan fingerprint density at radius 2 is 2.00 bits per heavy atom. The van der Waals surface area contributed by atoms with Crippen LogP contribution in [0.5, 0.6) is 0 Å². The zero-order valence-electron chi connectivity index (χ0n) is 13.3. The van der Waals surface area contributed by atoms with Gasteiger partial charge in [-0.05, 0) is 24.5 Å². The Kier molecular flexibility index (Phi) is 5.51. The summed E-state index contributed by atoms with van der Waals surface area (Å²) in [5.41, 5.74) is 2.65. The highest BCUT2D eigenvalue weighted by Crippen LogP contribution is 2.15. The quantitative estimate of drug-likeness (QED) is 0.822. The van der Waals surface area contributed by atoms with Gasteiger partial charge >= 0.3 is 5.97 Å². The molecule has 0 saturated carbocycles. The van der Waals surface area contributed by atoms with E-state index in [1.165, 1.54) is 22.6 Å². The minimum atomic E-state index is -0.999. The molecule has 122 valence electrons. The number of aliphatic carboxylic acids is 1. The summed E-state index contributed by atoms with van der Waals surface area (Å²) in [6, 6.07) is 8.05. The predicted molar refractivity (Wildman–Crippen MR) is 86.2 cm³/mol. The number of carbonyl (C=O) groups is 2. The Labute approximate surface area is 135 Å². The van der Waals surface area contributed by atoms with Crippen LogP contribution in [0, 0.1) is 0 Å². The van der Waals surface area contributed by atoms with Crippen molar-refractivity contribution in [2.24, 2.45) is 0 Å². The molecule has 1 heterocycles. The SMILES string of the molecule is CCCc1ccc(C(C)NC(=O)c2cnn(CC(=O)O)c2)cc1. The molecule has 1 unspecified atom stereocenters. The monoisotopic (exact) mass is 315 g/mol. The number of nitrogens with one attached hydrogen (secondary N) is 1. The van der Waals surface area contributed by atoms with Gasteiger partial charge < -0.3 is 10.4 Å². The van der Waals surface area contributed by atoms with Crippen LogP contribution in [-0.4, -0.2) is 26.8 Å². The second kappa shape index (κ2) is 7.58. The standard InChI is InChI=1S/C17H21N3O3/c1-3-4-13-5-7-14(8-6-13)12(2)19-17(23)15-9-18-20(10-15)11-16(21)22/h5-10,12H,3-4,11H2,1-2H3,(H,19,23)(H,21,22). The van der Waals surface area contributed by atoms with Gasteiger partial charge in [-0.1, -0.05) is 37.6 Å². The van der Waals surface area contributed by atoms with Gasteiger partial charge in [0.1, 0.15) is 6.54 Å². The molecule has 6 heteroatoms. The highest BCUT2D eigenvalue weighted by Gasteiger charge is 2.14. The highest BCUT2D eigenvalue weighted by atomic mass is 16.4. The smallest absolute Gasteiger partial charge is 0.325 e. The second-order valence-corrected chi connectivity index (χ2v) is 5.51. The largest absolute Gasteiger partial charge is 0.480 e. The van der Waals surface area contributed by atoms with Crippen molar-refractivity contribution in [3.8, 4) is 0 Å². The van der Waals surface area contributed by atoms with Gasteiger partial charge in [0.2, 0.25) is 0 Å². The van der Waals surface area contributed by atoms with Gasteiger partial charge in [0.25, 0.3) is 5.91 Å². The Morgan fingerprint density at radius 3 is 2.61 bits per heavy atom. The Hall–Kier alpha value is -2.63. The van der Waals surface area contributed by atoms with Gasteiger partial charge in [0.15, 0.2) is 0 Å². The number of amides is 1. The average molecular weight is 315 g/mol. The number of carboxylic acid groups (broad SMARTS) is 1. The fourth-order valence-corrected chi connectivity index (χ4v) is 2.33. The summed E-state index contributed by atoms with van der Waals surface area (Å²) in [6.45, 7) is 3.79. The normalized spacial score (nSPS) is 11.9. The van der Waals surface area contributed by atoms with E-state index >= 15 is 0 Å². The number of aryl methyl sites for hydroxylation is 1. The van der Waals surface area contributed by atoms with Crippen molar-refractivity contribution >= 4 is 11.9 Å². The molecule has 0 aliphatic rings. The lowest BCUT2D eigenvalue weighted by molar-refractivity contribution is -0.137. The van der Waals surface area contributed by atoms with Crippen LogP contribution in [0.15, 0.2) is 36.7 Å². The third kappa shape index (κ3) is 4.67. The molecule has 2 rings (SSSR count). The fraction of sp³-hybridized carbons (Fsp3) is 0.353. The molecule has 2 N–H and O–H groups in total. The molecule has 0 spiro atoms. The molecule has 1 atom stereocenters. The molecule has 1 aromatic heterocycles. The van der Waals surface area contributed by atoms with Crippen LogP contribution in [0.1, 0.15) is 47.8 Å². The first-order chi connectivity index (χ1) is 11.0. The molecule has 0 fully saturated rings. The molecular weight excluding hydrogens is 294 g/mol. The Balaban J connectivity index is 1.98. The molecule has 2 aromatic rings. The summed E-state index contributed by atoms with van der Waals surface area (Å²) in [4.78, 5) is 22.8. The third-order valence-corrected chi connectivity index (χ3v) is 3.56. The van der Waals surface area contributed by atoms with E-state index < -0.39 is 5.97 Å². The minimum absolute atomic E-state index is 0.138. The Bertz CT molecular complexity index is 677. The zero-order chi connectivity index (χ0) is 16.8. The second-order valence-electron chi connectivity index (χ2n) is 5.51. The molecule has 23 heavy (non-hydrogen) atoms. The van der Waals surface area contributed by atoms with E-state index in [2.05, 4.69) is 29.5 Å². The molecular formula is C17H21N3O3. The van der Waals surface area contributed by atoms with Crippen LogP contribution in [-0.2, 0) is 17.8 Å². The van der Waals surface area contributed by atoms with E-state index in [4.69, 9.17) is 5.11 Å². The topological polar surface area (TPSA) is 84.2 Å². The summed E-state index contributed by atoms with van der Waals surface area (Å²) in [5.74, 6) is -1.27. The summed E-state index contributed by atoms with van der Waals surface area (Å²) in [6.07, 6.45) is 4.95. The minimum Gasteiger partial charge on any atom is -0.480 e. The maximum atomic E-state index is 12.2. The van der Waals surface area contributed by atoms with E-state index in [1.807, 2.05) is 19.1 Å².